The number of alkyl halides is 2. The Bertz CT molecular complexity index is 303. The third-order valence-corrected chi connectivity index (χ3v) is 2.53. The zero-order valence-electron chi connectivity index (χ0n) is 8.84. The Balaban J connectivity index is 2.64. The smallest absolute Gasteiger partial charge is 0.288 e. The van der Waals surface area contributed by atoms with Crippen LogP contribution in [0.3, 0.4) is 0 Å². The normalized spacial score (nSPS) is 12.1. The monoisotopic (exact) mass is 231 g/mol. The van der Waals surface area contributed by atoms with Gasteiger partial charge in [0.05, 0.1) is 0 Å². The summed E-state index contributed by atoms with van der Waals surface area (Å²) in [5.41, 5.74) is 6.67. The molecule has 0 fully saturated rings. The lowest BCUT2D eigenvalue weighted by Crippen LogP contribution is -2.34. The summed E-state index contributed by atoms with van der Waals surface area (Å²) >= 11 is 0.561. The van der Waals surface area contributed by atoms with Crippen molar-refractivity contribution >= 4 is 11.8 Å². The van der Waals surface area contributed by atoms with Gasteiger partial charge < -0.3 is 5.73 Å². The van der Waals surface area contributed by atoms with Gasteiger partial charge in [-0.2, -0.15) is 8.78 Å². The van der Waals surface area contributed by atoms with Gasteiger partial charge in [-0.25, -0.2) is 0 Å². The van der Waals surface area contributed by atoms with Gasteiger partial charge in [0.1, 0.15) is 0 Å². The molecule has 0 amide bonds. The molecule has 1 rings (SSSR count). The van der Waals surface area contributed by atoms with Crippen LogP contribution in [0.25, 0.3) is 0 Å². The molecule has 0 aliphatic rings. The van der Waals surface area contributed by atoms with Crippen LogP contribution in [0.15, 0.2) is 29.2 Å². The molecule has 1 aromatic rings. The molecule has 0 saturated heterocycles. The summed E-state index contributed by atoms with van der Waals surface area (Å²) in [6.07, 6.45) is 0.743. The van der Waals surface area contributed by atoms with Crippen LogP contribution < -0.4 is 5.73 Å². The average Bonchev–Trinajstić information content (AvgIpc) is 2.05. The van der Waals surface area contributed by atoms with E-state index in [1.165, 1.54) is 0 Å². The first-order valence-corrected chi connectivity index (χ1v) is 5.57. The van der Waals surface area contributed by atoms with Crippen LogP contribution >= 0.6 is 11.8 Å². The van der Waals surface area contributed by atoms with Crippen molar-refractivity contribution in [2.24, 2.45) is 5.73 Å². The van der Waals surface area contributed by atoms with E-state index in [0.29, 0.717) is 16.7 Å². The van der Waals surface area contributed by atoms with Crippen molar-refractivity contribution in [1.82, 2.24) is 0 Å². The van der Waals surface area contributed by atoms with E-state index in [1.807, 2.05) is 26.0 Å². The number of hydrogen-bond donors (Lipinski definition) is 1. The Morgan fingerprint density at radius 2 is 1.80 bits per heavy atom. The Labute approximate surface area is 93.1 Å². The molecule has 15 heavy (non-hydrogen) atoms. The fourth-order valence-electron chi connectivity index (χ4n) is 1.31. The van der Waals surface area contributed by atoms with Gasteiger partial charge in [-0.15, -0.1) is 0 Å². The molecule has 0 aliphatic carbocycles. The SMILES string of the molecule is CC(C)(N)Cc1ccc(SC(F)F)cc1. The summed E-state index contributed by atoms with van der Waals surface area (Å²) in [6, 6.07) is 7.11. The lowest BCUT2D eigenvalue weighted by atomic mass is 9.96. The summed E-state index contributed by atoms with van der Waals surface area (Å²) < 4.78 is 24.1. The molecule has 0 bridgehead atoms. The summed E-state index contributed by atoms with van der Waals surface area (Å²) in [6.45, 7) is 3.88. The molecule has 0 atom stereocenters. The second kappa shape index (κ2) is 4.94. The molecular formula is C11H15F2NS. The van der Waals surface area contributed by atoms with Crippen molar-refractivity contribution in [1.29, 1.82) is 0 Å². The van der Waals surface area contributed by atoms with Gasteiger partial charge in [-0.05, 0) is 38.0 Å². The van der Waals surface area contributed by atoms with Gasteiger partial charge in [0.15, 0.2) is 0 Å². The molecule has 0 aliphatic heterocycles. The van der Waals surface area contributed by atoms with Crippen LogP contribution in [0.5, 0.6) is 0 Å². The minimum Gasteiger partial charge on any atom is -0.325 e. The Morgan fingerprint density at radius 3 is 2.20 bits per heavy atom. The van der Waals surface area contributed by atoms with Crippen LogP contribution in [-0.2, 0) is 6.42 Å². The van der Waals surface area contributed by atoms with Crippen molar-refractivity contribution < 1.29 is 8.78 Å². The molecule has 0 aromatic heterocycles. The molecule has 0 spiro atoms. The molecule has 0 unspecified atom stereocenters. The first kappa shape index (κ1) is 12.5. The maximum atomic E-state index is 12.0. The highest BCUT2D eigenvalue weighted by Gasteiger charge is 2.11. The highest BCUT2D eigenvalue weighted by Crippen LogP contribution is 2.25. The molecule has 84 valence electrons. The van der Waals surface area contributed by atoms with Crippen molar-refractivity contribution in [3.63, 3.8) is 0 Å². The topological polar surface area (TPSA) is 26.0 Å². The number of halogens is 2. The number of benzene rings is 1. The number of nitrogens with two attached hydrogens (primary N) is 1. The van der Waals surface area contributed by atoms with Gasteiger partial charge in [0, 0.05) is 10.4 Å². The Morgan fingerprint density at radius 1 is 1.27 bits per heavy atom. The lowest BCUT2D eigenvalue weighted by Gasteiger charge is -2.18. The Kier molecular flexibility index (Phi) is 4.11. The van der Waals surface area contributed by atoms with E-state index < -0.39 is 5.76 Å². The summed E-state index contributed by atoms with van der Waals surface area (Å²) in [5, 5.41) is 0. The lowest BCUT2D eigenvalue weighted by molar-refractivity contribution is 0.252. The second-order valence-electron chi connectivity index (χ2n) is 4.19. The first-order chi connectivity index (χ1) is 6.87. The van der Waals surface area contributed by atoms with Crippen molar-refractivity contribution in [2.75, 3.05) is 0 Å². The predicted octanol–water partition coefficient (Wildman–Crippen LogP) is 3.28. The summed E-state index contributed by atoms with van der Waals surface area (Å²) in [7, 11) is 0. The zero-order valence-corrected chi connectivity index (χ0v) is 9.65. The van der Waals surface area contributed by atoms with E-state index in [0.717, 1.165) is 12.0 Å². The molecule has 0 saturated carbocycles. The Hall–Kier alpha value is -0.610. The maximum absolute atomic E-state index is 12.0. The van der Waals surface area contributed by atoms with Gasteiger partial charge in [0.25, 0.3) is 5.76 Å². The third kappa shape index (κ3) is 5.14. The van der Waals surface area contributed by atoms with E-state index in [9.17, 15) is 8.78 Å². The van der Waals surface area contributed by atoms with E-state index in [4.69, 9.17) is 5.73 Å². The molecular weight excluding hydrogens is 216 g/mol. The molecule has 1 aromatic carbocycles. The van der Waals surface area contributed by atoms with Crippen molar-refractivity contribution in [3.05, 3.63) is 29.8 Å². The highest BCUT2D eigenvalue weighted by atomic mass is 32.2. The van der Waals surface area contributed by atoms with Gasteiger partial charge >= 0.3 is 0 Å². The fourth-order valence-corrected chi connectivity index (χ4v) is 1.81. The minimum atomic E-state index is -2.36. The molecule has 2 N–H and O–H groups in total. The minimum absolute atomic E-state index is 0.266. The quantitative estimate of drug-likeness (QED) is 0.805. The van der Waals surface area contributed by atoms with Crippen LogP contribution in [0.4, 0.5) is 8.78 Å². The second-order valence-corrected chi connectivity index (χ2v) is 5.25. The zero-order chi connectivity index (χ0) is 11.5. The van der Waals surface area contributed by atoms with Gasteiger partial charge in [-0.3, -0.25) is 0 Å². The average molecular weight is 231 g/mol. The number of thioether (sulfide) groups is 1. The van der Waals surface area contributed by atoms with Crippen molar-refractivity contribution in [2.45, 2.75) is 36.5 Å². The highest BCUT2D eigenvalue weighted by molar-refractivity contribution is 7.99. The molecule has 4 heteroatoms. The summed E-state index contributed by atoms with van der Waals surface area (Å²) in [4.78, 5) is 0.587. The van der Waals surface area contributed by atoms with Gasteiger partial charge in [0.2, 0.25) is 0 Å². The number of rotatable bonds is 4. The van der Waals surface area contributed by atoms with Crippen LogP contribution in [-0.4, -0.2) is 11.3 Å². The van der Waals surface area contributed by atoms with Crippen molar-refractivity contribution in [3.8, 4) is 0 Å². The van der Waals surface area contributed by atoms with E-state index in [-0.39, 0.29) is 5.54 Å². The van der Waals surface area contributed by atoms with E-state index in [1.54, 1.807) is 12.1 Å². The molecule has 0 radical (unpaired) electrons. The fraction of sp³-hybridized carbons (Fsp3) is 0.455. The first-order valence-electron chi connectivity index (χ1n) is 4.69. The predicted molar refractivity (Wildman–Crippen MR) is 60.3 cm³/mol. The van der Waals surface area contributed by atoms with Crippen LogP contribution in [0.1, 0.15) is 19.4 Å². The summed E-state index contributed by atoms with van der Waals surface area (Å²) in [5.74, 6) is -2.36. The standard InChI is InChI=1S/C11H15F2NS/c1-11(2,14)7-8-3-5-9(6-4-8)15-10(12)13/h3-6,10H,7,14H2,1-2H3. The number of hydrogen-bond acceptors (Lipinski definition) is 2. The van der Waals surface area contributed by atoms with E-state index >= 15 is 0 Å². The van der Waals surface area contributed by atoms with Crippen LogP contribution in [0.2, 0.25) is 0 Å². The molecule has 1 nitrogen and oxygen atoms in total. The van der Waals surface area contributed by atoms with Gasteiger partial charge in [-0.1, -0.05) is 23.9 Å². The van der Waals surface area contributed by atoms with E-state index in [2.05, 4.69) is 0 Å². The molecule has 0 heterocycles. The third-order valence-electron chi connectivity index (χ3n) is 1.81. The van der Waals surface area contributed by atoms with Crippen LogP contribution in [0, 0.1) is 0 Å². The maximum Gasteiger partial charge on any atom is 0.288 e. The largest absolute Gasteiger partial charge is 0.325 e.